The third-order valence-corrected chi connectivity index (χ3v) is 26.3. The molecule has 0 radical (unpaired) electrons. The minimum absolute atomic E-state index is 0.0378. The molecule has 0 bridgehead atoms. The van der Waals surface area contributed by atoms with Gasteiger partial charge < -0.3 is 60.8 Å². The fraction of sp³-hybridized carbons (Fsp3) is 0.550. The van der Waals surface area contributed by atoms with E-state index in [1.54, 1.807) is 14.1 Å². The van der Waals surface area contributed by atoms with Crippen LogP contribution in [0.3, 0.4) is 0 Å². The van der Waals surface area contributed by atoms with Crippen LogP contribution in [0.15, 0.2) is 0 Å². The molecule has 3 fully saturated rings. The number of halogens is 9. The van der Waals surface area contributed by atoms with E-state index in [9.17, 15) is 43.2 Å². The molecule has 0 aromatic heterocycles. The van der Waals surface area contributed by atoms with Crippen LogP contribution in [0.5, 0.6) is 0 Å². The van der Waals surface area contributed by atoms with Crippen molar-refractivity contribution in [2.45, 2.75) is 136 Å². The number of hydrogen-bond acceptors (Lipinski definition) is 15. The lowest BCUT2D eigenvalue weighted by Gasteiger charge is -2.37. The first-order valence-electron chi connectivity index (χ1n) is 29.0. The number of piperidine rings is 3. The Bertz CT molecular complexity index is 3350. The van der Waals surface area contributed by atoms with Gasteiger partial charge in [0.25, 0.3) is 0 Å². The van der Waals surface area contributed by atoms with Crippen LogP contribution in [-0.4, -0.2) is 131 Å². The Morgan fingerprint density at radius 2 is 0.678 bits per heavy atom. The van der Waals surface area contributed by atoms with Crippen molar-refractivity contribution in [3.05, 3.63) is 48.8 Å². The third-order valence-electron chi connectivity index (χ3n) is 16.7. The second kappa shape index (κ2) is 33.7. The van der Waals surface area contributed by atoms with Gasteiger partial charge in [-0.15, -0.1) is 0 Å². The van der Waals surface area contributed by atoms with Crippen molar-refractivity contribution >= 4 is 291 Å². The van der Waals surface area contributed by atoms with Crippen LogP contribution in [0.2, 0.25) is 0 Å². The van der Waals surface area contributed by atoms with Gasteiger partial charge in [-0.3, -0.25) is 28.8 Å². The fourth-order valence-electron chi connectivity index (χ4n) is 11.1. The van der Waals surface area contributed by atoms with Crippen molar-refractivity contribution < 1.29 is 57.4 Å². The first-order chi connectivity index (χ1) is 42.0. The van der Waals surface area contributed by atoms with Gasteiger partial charge >= 0.3 is 17.9 Å². The molecule has 0 unspecified atom stereocenters. The maximum atomic E-state index is 14.7. The van der Waals surface area contributed by atoms with Crippen molar-refractivity contribution in [3.8, 4) is 0 Å². The lowest BCUT2D eigenvalue weighted by Crippen LogP contribution is -2.43. The third kappa shape index (κ3) is 18.8. The lowest BCUT2D eigenvalue weighted by molar-refractivity contribution is -0.123. The van der Waals surface area contributed by atoms with Gasteiger partial charge in [0.2, 0.25) is 35.4 Å². The van der Waals surface area contributed by atoms with Crippen molar-refractivity contribution in [1.82, 2.24) is 16.0 Å². The number of rotatable bonds is 21. The highest BCUT2D eigenvalue weighted by molar-refractivity contribution is 14.1. The van der Waals surface area contributed by atoms with E-state index in [0.29, 0.717) is 49.2 Å². The zero-order chi connectivity index (χ0) is 67.2. The van der Waals surface area contributed by atoms with Gasteiger partial charge in [-0.2, -0.15) is 0 Å². The number of carbonyl (C=O) groups is 9. The molecule has 3 heterocycles. The Labute approximate surface area is 649 Å². The van der Waals surface area contributed by atoms with Crippen LogP contribution in [-0.2, 0) is 43.0 Å². The van der Waals surface area contributed by atoms with E-state index in [2.05, 4.69) is 77.1 Å². The molecule has 3 aromatic rings. The largest absolute Gasteiger partial charge is 0.456 e. The average Bonchev–Trinajstić information content (AvgIpc) is 0.776. The predicted octanol–water partition coefficient (Wildman–Crippen LogP) is 12.6. The van der Waals surface area contributed by atoms with Crippen LogP contribution in [0, 0.1) is 49.9 Å². The minimum Gasteiger partial charge on any atom is -0.456 e. The van der Waals surface area contributed by atoms with E-state index in [0.717, 1.165) is 77.8 Å². The molecule has 6 rings (SSSR count). The number of nitrogens with zero attached hydrogens (tertiary/aromatic N) is 3. The molecule has 30 heteroatoms. The number of ether oxygens (including phenoxy) is 3. The second-order valence-electron chi connectivity index (χ2n) is 23.9. The molecule has 3 aliphatic heterocycles. The summed E-state index contributed by atoms with van der Waals surface area (Å²) in [5, 5.41) is 18.7. The lowest BCUT2D eigenvalue weighted by atomic mass is 9.83. The molecular weight excluding hydrogens is 2180 g/mol. The summed E-state index contributed by atoms with van der Waals surface area (Å²) in [6, 6.07) is 0. The second-order valence-corrected chi connectivity index (χ2v) is 33.6. The molecule has 6 N–H and O–H groups in total. The van der Waals surface area contributed by atoms with E-state index < -0.39 is 64.2 Å². The number of nitrogens with one attached hydrogen (secondary N) is 6. The summed E-state index contributed by atoms with van der Waals surface area (Å²) in [7, 11) is 4.68. The van der Waals surface area contributed by atoms with Crippen LogP contribution in [0.4, 0.5) is 34.1 Å². The fourth-order valence-corrected chi connectivity index (χ4v) is 24.9. The Kier molecular flexibility index (Phi) is 29.4. The van der Waals surface area contributed by atoms with Crippen LogP contribution < -0.4 is 46.6 Å². The first kappa shape index (κ1) is 78.3. The maximum Gasteiger partial charge on any atom is 0.341 e. The smallest absolute Gasteiger partial charge is 0.341 e. The van der Waals surface area contributed by atoms with Gasteiger partial charge in [-0.05, 0) is 323 Å². The van der Waals surface area contributed by atoms with Gasteiger partial charge in [-0.1, -0.05) is 0 Å². The molecule has 6 amide bonds. The molecule has 3 aromatic carbocycles. The Hall–Kier alpha value is -0.660. The first-order valence-corrected chi connectivity index (χ1v) is 38.8. The van der Waals surface area contributed by atoms with Crippen molar-refractivity contribution in [1.29, 1.82) is 0 Å². The SMILES string of the molecule is CC(=O)Nc1c(I)c(NC(=O)CCC(=O)Nc2c(I)c(C(=O)OC(C)(C)C3CCNCC3)c(I)c(N(C)C(=O)CCC(=O)N(C)c3c(I)c(C(=O)OC(C)(C)C4CCNCC4)c(I)c(N(C)C(C)=O)c3I)c2I)c(I)c(C(=O)OC(C)(C)C2CCNCC2)c1I. The normalized spacial score (nSPS) is 15.3. The van der Waals surface area contributed by atoms with Crippen LogP contribution >= 0.6 is 203 Å². The summed E-state index contributed by atoms with van der Waals surface area (Å²) in [5.41, 5.74) is -0.238. The van der Waals surface area contributed by atoms with Crippen LogP contribution in [0.1, 0.15) is 151 Å². The standard InChI is InChI=1S/C60H74I9N9O12/c1-28(79)73-49-40(61)37(55(85)88-58(3,4)30-16-22-70-23-17-30)41(62)50(46(49)67)74-33(81)12-13-34(82)75-51-42(63)38(56(86)89-59(5,6)31-18-24-71-25-19-31)43(64)52(47(51)68)77(10)35(83)14-15-36(84)78(11)54-45(66)39(44(65)53(48(54)69)76(9)29(2)80)57(87)90-60(7,8)32-20-26-72-27-21-32/h30-32,70-72H,12-27H2,1-11H3,(H,73,79)(H,74,81)(H,75,82). The van der Waals surface area contributed by atoms with Gasteiger partial charge in [0.1, 0.15) is 16.8 Å². The number of esters is 3. The van der Waals surface area contributed by atoms with E-state index in [1.165, 1.54) is 35.6 Å². The zero-order valence-electron chi connectivity index (χ0n) is 51.7. The molecule has 494 valence electrons. The topological polar surface area (TPSA) is 263 Å². The quantitative estimate of drug-likeness (QED) is 0.0329. The van der Waals surface area contributed by atoms with Gasteiger partial charge in [0.15, 0.2) is 0 Å². The average molecular weight is 2260 g/mol. The molecule has 0 aliphatic carbocycles. The monoisotopic (exact) mass is 2250 g/mol. The summed E-state index contributed by atoms with van der Waals surface area (Å²) in [4.78, 5) is 130. The van der Waals surface area contributed by atoms with Crippen molar-refractivity contribution in [3.63, 3.8) is 0 Å². The maximum absolute atomic E-state index is 14.7. The predicted molar refractivity (Wildman–Crippen MR) is 425 cm³/mol. The Morgan fingerprint density at radius 1 is 0.400 bits per heavy atom. The number of hydrogen-bond donors (Lipinski definition) is 6. The Balaban J connectivity index is 1.28. The summed E-state index contributed by atoms with van der Waals surface area (Å²) in [6.07, 6.45) is 3.57. The van der Waals surface area contributed by atoms with Gasteiger partial charge in [0.05, 0.1) is 82.9 Å². The molecule has 0 saturated carbocycles. The highest BCUT2D eigenvalue weighted by Gasteiger charge is 2.41. The summed E-state index contributed by atoms with van der Waals surface area (Å²) in [6.45, 7) is 18.8. The number of anilines is 6. The zero-order valence-corrected chi connectivity index (χ0v) is 71.1. The molecule has 90 heavy (non-hydrogen) atoms. The van der Waals surface area contributed by atoms with Crippen LogP contribution in [0.25, 0.3) is 0 Å². The summed E-state index contributed by atoms with van der Waals surface area (Å²) < 4.78 is 22.7. The van der Waals surface area contributed by atoms with E-state index in [1.807, 2.05) is 200 Å². The molecule has 3 saturated heterocycles. The van der Waals surface area contributed by atoms with E-state index >= 15 is 0 Å². The van der Waals surface area contributed by atoms with E-state index in [4.69, 9.17) is 14.2 Å². The molecule has 0 spiro atoms. The Morgan fingerprint density at radius 3 is 1.00 bits per heavy atom. The van der Waals surface area contributed by atoms with Crippen molar-refractivity contribution in [2.24, 2.45) is 17.8 Å². The number of amides is 6. The number of carbonyl (C=O) groups excluding carboxylic acids is 9. The molecular formula is C60H74I9N9O12. The van der Waals surface area contributed by atoms with Gasteiger partial charge in [-0.25, -0.2) is 14.4 Å². The number of benzene rings is 3. The summed E-state index contributed by atoms with van der Waals surface area (Å²) >= 11 is 18.2. The molecule has 3 aliphatic rings. The van der Waals surface area contributed by atoms with Gasteiger partial charge in [0, 0.05) is 78.4 Å². The molecule has 0 atom stereocenters. The summed E-state index contributed by atoms with van der Waals surface area (Å²) in [5.74, 6) is -4.47. The van der Waals surface area contributed by atoms with Crippen molar-refractivity contribution in [2.75, 3.05) is 91.1 Å². The highest BCUT2D eigenvalue weighted by atomic mass is 127. The molecule has 21 nitrogen and oxygen atoms in total. The van der Waals surface area contributed by atoms with E-state index in [-0.39, 0.29) is 83.1 Å². The highest BCUT2D eigenvalue weighted by Crippen LogP contribution is 2.46. The minimum atomic E-state index is -0.904.